The SMILES string of the molecule is CCN1CCC(Cn2c(N)nc3cc(F)c(C)cc32)C1. The monoisotopic (exact) mass is 276 g/mol. The van der Waals surface area contributed by atoms with Gasteiger partial charge in [-0.05, 0) is 44.0 Å². The van der Waals surface area contributed by atoms with Crippen LogP contribution in [-0.4, -0.2) is 34.1 Å². The van der Waals surface area contributed by atoms with Gasteiger partial charge < -0.3 is 15.2 Å². The van der Waals surface area contributed by atoms with Crippen molar-refractivity contribution in [3.63, 3.8) is 0 Å². The maximum absolute atomic E-state index is 13.6. The Balaban J connectivity index is 1.91. The normalized spacial score (nSPS) is 20.1. The number of benzene rings is 1. The number of fused-ring (bicyclic) bond motifs is 1. The first-order valence-corrected chi connectivity index (χ1v) is 7.22. The molecule has 4 nitrogen and oxygen atoms in total. The van der Waals surface area contributed by atoms with Gasteiger partial charge in [-0.15, -0.1) is 0 Å². The number of nitrogens with two attached hydrogens (primary N) is 1. The fraction of sp³-hybridized carbons (Fsp3) is 0.533. The van der Waals surface area contributed by atoms with Crippen LogP contribution in [0.1, 0.15) is 18.9 Å². The molecule has 1 aliphatic heterocycles. The van der Waals surface area contributed by atoms with E-state index in [4.69, 9.17) is 5.73 Å². The minimum absolute atomic E-state index is 0.222. The molecule has 1 saturated heterocycles. The molecule has 2 N–H and O–H groups in total. The molecule has 1 fully saturated rings. The van der Waals surface area contributed by atoms with Gasteiger partial charge in [0, 0.05) is 19.2 Å². The van der Waals surface area contributed by atoms with Crippen LogP contribution in [0.2, 0.25) is 0 Å². The van der Waals surface area contributed by atoms with Gasteiger partial charge in [-0.25, -0.2) is 9.37 Å². The fourth-order valence-electron chi connectivity index (χ4n) is 3.07. The predicted octanol–water partition coefficient (Wildman–Crippen LogP) is 2.41. The third-order valence-electron chi connectivity index (χ3n) is 4.32. The molecule has 1 aromatic heterocycles. The molecule has 20 heavy (non-hydrogen) atoms. The minimum Gasteiger partial charge on any atom is -0.369 e. The maximum atomic E-state index is 13.6. The first-order chi connectivity index (χ1) is 9.58. The van der Waals surface area contributed by atoms with Crippen LogP contribution < -0.4 is 5.73 Å². The van der Waals surface area contributed by atoms with Crippen LogP contribution in [0.4, 0.5) is 10.3 Å². The summed E-state index contributed by atoms with van der Waals surface area (Å²) in [6, 6.07) is 3.32. The van der Waals surface area contributed by atoms with Gasteiger partial charge in [-0.2, -0.15) is 0 Å². The number of aryl methyl sites for hydroxylation is 1. The van der Waals surface area contributed by atoms with Crippen molar-refractivity contribution in [3.8, 4) is 0 Å². The molecular formula is C15H21FN4. The molecule has 5 heteroatoms. The number of anilines is 1. The van der Waals surface area contributed by atoms with Crippen LogP contribution in [0, 0.1) is 18.7 Å². The number of aromatic nitrogens is 2. The van der Waals surface area contributed by atoms with Crippen molar-refractivity contribution >= 4 is 17.0 Å². The molecule has 0 saturated carbocycles. The Hall–Kier alpha value is -1.62. The molecule has 1 atom stereocenters. The summed E-state index contributed by atoms with van der Waals surface area (Å²) in [7, 11) is 0. The van der Waals surface area contributed by atoms with Gasteiger partial charge in [-0.1, -0.05) is 6.92 Å². The molecule has 0 bridgehead atoms. The van der Waals surface area contributed by atoms with E-state index in [9.17, 15) is 4.39 Å². The molecule has 0 spiro atoms. The highest BCUT2D eigenvalue weighted by Gasteiger charge is 2.23. The van der Waals surface area contributed by atoms with Crippen LogP contribution in [-0.2, 0) is 6.54 Å². The van der Waals surface area contributed by atoms with Crippen molar-refractivity contribution in [2.24, 2.45) is 5.92 Å². The Morgan fingerprint density at radius 3 is 2.95 bits per heavy atom. The Morgan fingerprint density at radius 1 is 1.45 bits per heavy atom. The molecule has 0 aliphatic carbocycles. The number of nitrogens with zero attached hydrogens (tertiary/aromatic N) is 3. The smallest absolute Gasteiger partial charge is 0.201 e. The van der Waals surface area contributed by atoms with Crippen LogP contribution in [0.5, 0.6) is 0 Å². The standard InChI is InChI=1S/C15H21FN4/c1-3-19-5-4-11(8-19)9-20-14-6-10(2)12(16)7-13(14)18-15(20)17/h6-7,11H,3-5,8-9H2,1-2H3,(H2,17,18). The van der Waals surface area contributed by atoms with Gasteiger partial charge in [-0.3, -0.25) is 0 Å². The first kappa shape index (κ1) is 13.4. The van der Waals surface area contributed by atoms with E-state index in [-0.39, 0.29) is 5.82 Å². The molecule has 2 aromatic rings. The summed E-state index contributed by atoms with van der Waals surface area (Å²) in [6.07, 6.45) is 1.19. The highest BCUT2D eigenvalue weighted by atomic mass is 19.1. The number of nitrogen functional groups attached to an aromatic ring is 1. The number of imidazole rings is 1. The zero-order valence-corrected chi connectivity index (χ0v) is 12.1. The second-order valence-electron chi connectivity index (χ2n) is 5.72. The zero-order chi connectivity index (χ0) is 14.3. The number of hydrogen-bond acceptors (Lipinski definition) is 3. The summed E-state index contributed by atoms with van der Waals surface area (Å²) in [5.74, 6) is 0.861. The van der Waals surface area contributed by atoms with Crippen molar-refractivity contribution in [2.45, 2.75) is 26.8 Å². The quantitative estimate of drug-likeness (QED) is 0.936. The van der Waals surface area contributed by atoms with Crippen LogP contribution in [0.25, 0.3) is 11.0 Å². The summed E-state index contributed by atoms with van der Waals surface area (Å²) >= 11 is 0. The van der Waals surface area contributed by atoms with Gasteiger partial charge in [0.25, 0.3) is 0 Å². The van der Waals surface area contributed by atoms with E-state index >= 15 is 0 Å². The van der Waals surface area contributed by atoms with Crippen molar-refractivity contribution in [1.29, 1.82) is 0 Å². The highest BCUT2D eigenvalue weighted by Crippen LogP contribution is 2.25. The summed E-state index contributed by atoms with van der Waals surface area (Å²) < 4.78 is 15.6. The molecule has 3 rings (SSSR count). The summed E-state index contributed by atoms with van der Waals surface area (Å²) in [6.45, 7) is 8.19. The largest absolute Gasteiger partial charge is 0.369 e. The van der Waals surface area contributed by atoms with E-state index in [1.807, 2.05) is 10.6 Å². The maximum Gasteiger partial charge on any atom is 0.201 e. The van der Waals surface area contributed by atoms with Gasteiger partial charge in [0.05, 0.1) is 11.0 Å². The minimum atomic E-state index is -0.222. The molecule has 0 radical (unpaired) electrons. The average molecular weight is 276 g/mol. The fourth-order valence-corrected chi connectivity index (χ4v) is 3.07. The lowest BCUT2D eigenvalue weighted by molar-refractivity contribution is 0.334. The van der Waals surface area contributed by atoms with E-state index in [2.05, 4.69) is 16.8 Å². The Morgan fingerprint density at radius 2 is 2.25 bits per heavy atom. The van der Waals surface area contributed by atoms with E-state index in [0.29, 0.717) is 22.9 Å². The number of halogens is 1. The third-order valence-corrected chi connectivity index (χ3v) is 4.32. The Kier molecular flexibility index (Phi) is 3.38. The molecule has 1 aromatic carbocycles. The molecule has 2 heterocycles. The third kappa shape index (κ3) is 2.26. The molecular weight excluding hydrogens is 255 g/mol. The van der Waals surface area contributed by atoms with E-state index in [1.165, 1.54) is 12.5 Å². The van der Waals surface area contributed by atoms with Gasteiger partial charge >= 0.3 is 0 Å². The lowest BCUT2D eigenvalue weighted by Crippen LogP contribution is -2.21. The average Bonchev–Trinajstić information content (AvgIpc) is 2.98. The molecule has 1 aliphatic rings. The van der Waals surface area contributed by atoms with Crippen molar-refractivity contribution < 1.29 is 4.39 Å². The van der Waals surface area contributed by atoms with E-state index < -0.39 is 0 Å². The number of likely N-dealkylation sites (tertiary alicyclic amines) is 1. The molecule has 108 valence electrons. The van der Waals surface area contributed by atoms with Gasteiger partial charge in [0.1, 0.15) is 5.82 Å². The molecule has 1 unspecified atom stereocenters. The highest BCUT2D eigenvalue weighted by molar-refractivity contribution is 5.79. The first-order valence-electron chi connectivity index (χ1n) is 7.22. The second kappa shape index (κ2) is 5.05. The Bertz CT molecular complexity index is 634. The van der Waals surface area contributed by atoms with Crippen molar-refractivity contribution in [3.05, 3.63) is 23.5 Å². The summed E-state index contributed by atoms with van der Waals surface area (Å²) in [5.41, 5.74) is 8.24. The second-order valence-corrected chi connectivity index (χ2v) is 5.72. The van der Waals surface area contributed by atoms with E-state index in [0.717, 1.165) is 31.7 Å². The lowest BCUT2D eigenvalue weighted by atomic mass is 10.1. The molecule has 0 amide bonds. The van der Waals surface area contributed by atoms with Crippen LogP contribution >= 0.6 is 0 Å². The summed E-state index contributed by atoms with van der Waals surface area (Å²) in [4.78, 5) is 6.73. The van der Waals surface area contributed by atoms with Crippen LogP contribution in [0.15, 0.2) is 12.1 Å². The van der Waals surface area contributed by atoms with E-state index in [1.54, 1.807) is 6.92 Å². The van der Waals surface area contributed by atoms with Crippen LogP contribution in [0.3, 0.4) is 0 Å². The zero-order valence-electron chi connectivity index (χ0n) is 12.1. The predicted molar refractivity (Wildman–Crippen MR) is 79.1 cm³/mol. The van der Waals surface area contributed by atoms with Crippen molar-refractivity contribution in [2.75, 3.05) is 25.4 Å². The number of hydrogen-bond donors (Lipinski definition) is 1. The van der Waals surface area contributed by atoms with Gasteiger partial charge in [0.2, 0.25) is 5.95 Å². The van der Waals surface area contributed by atoms with Gasteiger partial charge in [0.15, 0.2) is 0 Å². The topological polar surface area (TPSA) is 47.1 Å². The number of rotatable bonds is 3. The van der Waals surface area contributed by atoms with Crippen molar-refractivity contribution in [1.82, 2.24) is 14.5 Å². The lowest BCUT2D eigenvalue weighted by Gasteiger charge is -2.15. The Labute approximate surface area is 118 Å². The summed E-state index contributed by atoms with van der Waals surface area (Å²) in [5, 5.41) is 0.